The summed E-state index contributed by atoms with van der Waals surface area (Å²) in [5, 5.41) is 0. The van der Waals surface area contributed by atoms with E-state index in [1.54, 1.807) is 6.92 Å². The van der Waals surface area contributed by atoms with Crippen molar-refractivity contribution in [3.05, 3.63) is 0 Å². The molecular formula is C12H24O. The summed E-state index contributed by atoms with van der Waals surface area (Å²) in [4.78, 5) is 11.5. The summed E-state index contributed by atoms with van der Waals surface area (Å²) in [6, 6.07) is 0. The van der Waals surface area contributed by atoms with Crippen LogP contribution >= 0.6 is 0 Å². The molecule has 0 saturated heterocycles. The quantitative estimate of drug-likeness (QED) is 0.640. The highest BCUT2D eigenvalue weighted by molar-refractivity contribution is 5.79. The van der Waals surface area contributed by atoms with Gasteiger partial charge in [-0.25, -0.2) is 0 Å². The van der Waals surface area contributed by atoms with Gasteiger partial charge in [0.05, 0.1) is 0 Å². The summed E-state index contributed by atoms with van der Waals surface area (Å²) in [5.74, 6) is 0.509. The maximum Gasteiger partial charge on any atom is 0.133 e. The highest BCUT2D eigenvalue weighted by atomic mass is 16.1. The molecule has 0 aliphatic rings. The van der Waals surface area contributed by atoms with E-state index in [2.05, 4.69) is 41.5 Å². The molecule has 0 aromatic rings. The van der Waals surface area contributed by atoms with Gasteiger partial charge in [-0.15, -0.1) is 0 Å². The van der Waals surface area contributed by atoms with Crippen LogP contribution in [0.3, 0.4) is 0 Å². The topological polar surface area (TPSA) is 17.1 Å². The Morgan fingerprint density at radius 3 is 1.54 bits per heavy atom. The summed E-state index contributed by atoms with van der Waals surface area (Å²) in [5.41, 5.74) is 0.336. The molecule has 0 heterocycles. The first kappa shape index (κ1) is 12.7. The molecule has 1 nitrogen and oxygen atoms in total. The van der Waals surface area contributed by atoms with E-state index in [1.165, 1.54) is 0 Å². The molecular weight excluding hydrogens is 160 g/mol. The van der Waals surface area contributed by atoms with Gasteiger partial charge in [-0.3, -0.25) is 4.79 Å². The maximum absolute atomic E-state index is 11.5. The highest BCUT2D eigenvalue weighted by Gasteiger charge is 2.31. The molecule has 13 heavy (non-hydrogen) atoms. The average Bonchev–Trinajstić information content (AvgIpc) is 1.77. The predicted octanol–water partition coefficient (Wildman–Crippen LogP) is 3.67. The lowest BCUT2D eigenvalue weighted by molar-refractivity contribution is -0.125. The molecule has 0 radical (unpaired) electrons. The lowest BCUT2D eigenvalue weighted by Crippen LogP contribution is -2.30. The van der Waals surface area contributed by atoms with E-state index in [0.717, 1.165) is 6.42 Å². The van der Waals surface area contributed by atoms with E-state index in [4.69, 9.17) is 0 Å². The zero-order valence-electron chi connectivity index (χ0n) is 10.2. The van der Waals surface area contributed by atoms with Crippen LogP contribution in [0.25, 0.3) is 0 Å². The Morgan fingerprint density at radius 2 is 1.46 bits per heavy atom. The molecule has 0 N–H and O–H groups in total. The number of hydrogen-bond donors (Lipinski definition) is 0. The number of rotatable bonds is 2. The van der Waals surface area contributed by atoms with Crippen LogP contribution in [-0.2, 0) is 4.79 Å². The first-order chi connectivity index (χ1) is 5.54. The zero-order valence-corrected chi connectivity index (χ0v) is 10.2. The third-order valence-corrected chi connectivity index (χ3v) is 2.35. The van der Waals surface area contributed by atoms with Gasteiger partial charge in [0.25, 0.3) is 0 Å². The van der Waals surface area contributed by atoms with Crippen LogP contribution in [0.1, 0.15) is 54.9 Å². The van der Waals surface area contributed by atoms with E-state index in [1.807, 2.05) is 0 Å². The molecule has 0 aliphatic heterocycles. The fourth-order valence-corrected chi connectivity index (χ4v) is 1.67. The number of hydrogen-bond acceptors (Lipinski definition) is 1. The van der Waals surface area contributed by atoms with Gasteiger partial charge in [-0.1, -0.05) is 41.5 Å². The van der Waals surface area contributed by atoms with Gasteiger partial charge in [0.2, 0.25) is 0 Å². The van der Waals surface area contributed by atoms with Crippen LogP contribution in [0.5, 0.6) is 0 Å². The lowest BCUT2D eigenvalue weighted by atomic mass is 9.70. The average molecular weight is 184 g/mol. The summed E-state index contributed by atoms with van der Waals surface area (Å²) in [7, 11) is 0. The predicted molar refractivity (Wildman–Crippen MR) is 57.7 cm³/mol. The highest BCUT2D eigenvalue weighted by Crippen LogP contribution is 2.36. The fraction of sp³-hybridized carbons (Fsp3) is 0.917. The Kier molecular flexibility index (Phi) is 3.71. The van der Waals surface area contributed by atoms with Crippen molar-refractivity contribution in [3.8, 4) is 0 Å². The van der Waals surface area contributed by atoms with Crippen LogP contribution in [0.15, 0.2) is 0 Å². The van der Waals surface area contributed by atoms with Crippen molar-refractivity contribution in [1.29, 1.82) is 0 Å². The summed E-state index contributed by atoms with van der Waals surface area (Å²) in [6.45, 7) is 14.7. The molecule has 0 amide bonds. The second-order valence-electron chi connectivity index (χ2n) is 6.29. The van der Waals surface area contributed by atoms with Crippen molar-refractivity contribution in [2.24, 2.45) is 16.7 Å². The Morgan fingerprint density at radius 1 is 1.08 bits per heavy atom. The van der Waals surface area contributed by atoms with Crippen molar-refractivity contribution in [1.82, 2.24) is 0 Å². The molecule has 1 unspecified atom stereocenters. The SMILES string of the molecule is CC(=O)C(CC(C)(C)C)C(C)(C)C. The molecule has 0 aliphatic carbocycles. The standard InChI is InChI=1S/C12H24O/c1-9(13)10(12(5,6)7)8-11(2,3)4/h10H,8H2,1-7H3. The van der Waals surface area contributed by atoms with Crippen LogP contribution < -0.4 is 0 Å². The summed E-state index contributed by atoms with van der Waals surface area (Å²) >= 11 is 0. The third kappa shape index (κ3) is 5.07. The number of carbonyl (C=O) groups excluding carboxylic acids is 1. The molecule has 0 rings (SSSR count). The van der Waals surface area contributed by atoms with E-state index in [0.29, 0.717) is 5.78 Å². The number of carbonyl (C=O) groups is 1. The van der Waals surface area contributed by atoms with Gasteiger partial charge < -0.3 is 0 Å². The van der Waals surface area contributed by atoms with E-state index in [9.17, 15) is 4.79 Å². The molecule has 0 bridgehead atoms. The Balaban J connectivity index is 4.56. The zero-order chi connectivity index (χ0) is 10.9. The van der Waals surface area contributed by atoms with Gasteiger partial charge in [-0.05, 0) is 24.2 Å². The first-order valence-electron chi connectivity index (χ1n) is 5.04. The maximum atomic E-state index is 11.5. The van der Waals surface area contributed by atoms with Crippen molar-refractivity contribution < 1.29 is 4.79 Å². The van der Waals surface area contributed by atoms with Crippen molar-refractivity contribution >= 4 is 5.78 Å². The second-order valence-corrected chi connectivity index (χ2v) is 6.29. The number of ketones is 1. The van der Waals surface area contributed by atoms with Crippen LogP contribution in [-0.4, -0.2) is 5.78 Å². The minimum atomic E-state index is 0.0963. The van der Waals surface area contributed by atoms with E-state index < -0.39 is 0 Å². The van der Waals surface area contributed by atoms with Gasteiger partial charge in [-0.2, -0.15) is 0 Å². The van der Waals surface area contributed by atoms with Gasteiger partial charge in [0.1, 0.15) is 5.78 Å². The molecule has 0 aromatic carbocycles. The van der Waals surface area contributed by atoms with Crippen molar-refractivity contribution in [2.45, 2.75) is 54.9 Å². The van der Waals surface area contributed by atoms with Crippen LogP contribution in [0.2, 0.25) is 0 Å². The molecule has 1 atom stereocenters. The first-order valence-corrected chi connectivity index (χ1v) is 5.04. The van der Waals surface area contributed by atoms with Crippen molar-refractivity contribution in [2.75, 3.05) is 0 Å². The molecule has 1 heteroatoms. The third-order valence-electron chi connectivity index (χ3n) is 2.35. The molecule has 0 fully saturated rings. The van der Waals surface area contributed by atoms with E-state index >= 15 is 0 Å². The molecule has 0 saturated carbocycles. The smallest absolute Gasteiger partial charge is 0.133 e. The molecule has 78 valence electrons. The van der Waals surface area contributed by atoms with Crippen LogP contribution in [0.4, 0.5) is 0 Å². The van der Waals surface area contributed by atoms with Crippen molar-refractivity contribution in [3.63, 3.8) is 0 Å². The normalized spacial score (nSPS) is 15.6. The van der Waals surface area contributed by atoms with Gasteiger partial charge >= 0.3 is 0 Å². The fourth-order valence-electron chi connectivity index (χ4n) is 1.67. The number of Topliss-reactive ketones (excluding diaryl/α,β-unsaturated/α-hetero) is 1. The lowest BCUT2D eigenvalue weighted by Gasteiger charge is -2.33. The Bertz CT molecular complexity index is 178. The monoisotopic (exact) mass is 184 g/mol. The van der Waals surface area contributed by atoms with Gasteiger partial charge in [0.15, 0.2) is 0 Å². The summed E-state index contributed by atoms with van der Waals surface area (Å²) < 4.78 is 0. The summed E-state index contributed by atoms with van der Waals surface area (Å²) in [6.07, 6.45) is 0.978. The largest absolute Gasteiger partial charge is 0.300 e. The Hall–Kier alpha value is -0.330. The minimum Gasteiger partial charge on any atom is -0.300 e. The van der Waals surface area contributed by atoms with E-state index in [-0.39, 0.29) is 16.7 Å². The van der Waals surface area contributed by atoms with Crippen LogP contribution in [0, 0.1) is 16.7 Å². The molecule has 0 aromatic heterocycles. The van der Waals surface area contributed by atoms with Gasteiger partial charge in [0, 0.05) is 5.92 Å². The second kappa shape index (κ2) is 3.81. The minimum absolute atomic E-state index is 0.0963. The Labute approximate surface area is 82.9 Å². The molecule has 0 spiro atoms.